The molecular weight excluding hydrogens is 112 g/mol. The quantitative estimate of drug-likeness (QED) is 0.485. The third-order valence-corrected chi connectivity index (χ3v) is 2.22. The summed E-state index contributed by atoms with van der Waals surface area (Å²) in [4.78, 5) is 0. The molecular formula is C8H16O. The number of hydrogen-bond donors (Lipinski definition) is 0. The highest BCUT2D eigenvalue weighted by Crippen LogP contribution is 2.23. The van der Waals surface area contributed by atoms with Crippen molar-refractivity contribution >= 4 is 0 Å². The zero-order valence-electron chi connectivity index (χ0n) is 6.55. The van der Waals surface area contributed by atoms with Crippen molar-refractivity contribution in [2.45, 2.75) is 33.3 Å². The number of ether oxygens (including phenoxy) is 1. The summed E-state index contributed by atoms with van der Waals surface area (Å²) in [5, 5.41) is 0. The summed E-state index contributed by atoms with van der Waals surface area (Å²) in [6.07, 6.45) is 1.82. The molecule has 1 heteroatoms. The minimum absolute atomic E-state index is 0.487. The fourth-order valence-corrected chi connectivity index (χ4v) is 1.37. The van der Waals surface area contributed by atoms with Gasteiger partial charge in [0.15, 0.2) is 0 Å². The summed E-state index contributed by atoms with van der Waals surface area (Å²) >= 11 is 0. The van der Waals surface area contributed by atoms with Gasteiger partial charge in [-0.1, -0.05) is 13.8 Å². The Kier molecular flexibility index (Phi) is 2.12. The van der Waals surface area contributed by atoms with Crippen LogP contribution in [0.5, 0.6) is 0 Å². The maximum Gasteiger partial charge on any atom is 0.0572 e. The van der Waals surface area contributed by atoms with Gasteiger partial charge in [-0.05, 0) is 25.2 Å². The van der Waals surface area contributed by atoms with Crippen LogP contribution in [-0.4, -0.2) is 12.7 Å². The summed E-state index contributed by atoms with van der Waals surface area (Å²) in [6, 6.07) is 0. The van der Waals surface area contributed by atoms with Crippen LogP contribution < -0.4 is 0 Å². The molecule has 1 fully saturated rings. The molecule has 1 saturated heterocycles. The van der Waals surface area contributed by atoms with Gasteiger partial charge in [-0.2, -0.15) is 0 Å². The van der Waals surface area contributed by atoms with Crippen LogP contribution in [0.15, 0.2) is 0 Å². The normalized spacial score (nSPS) is 45.0. The van der Waals surface area contributed by atoms with E-state index in [2.05, 4.69) is 20.8 Å². The van der Waals surface area contributed by atoms with Crippen molar-refractivity contribution in [1.29, 1.82) is 0 Å². The fourth-order valence-electron chi connectivity index (χ4n) is 1.37. The molecule has 0 aromatic heterocycles. The van der Waals surface area contributed by atoms with Crippen molar-refractivity contribution in [3.05, 3.63) is 0 Å². The Bertz CT molecular complexity index is 90.6. The standard InChI is InChI=1S/C8H16O/c1-6-4-7(2)8(3)9-5-6/h6-8H,4-5H2,1-3H3/t6-,7+,8?/m1/s1. The third-order valence-electron chi connectivity index (χ3n) is 2.22. The minimum Gasteiger partial charge on any atom is -0.378 e. The van der Waals surface area contributed by atoms with E-state index in [0.29, 0.717) is 6.10 Å². The molecule has 0 amide bonds. The molecule has 1 unspecified atom stereocenters. The van der Waals surface area contributed by atoms with Gasteiger partial charge >= 0.3 is 0 Å². The van der Waals surface area contributed by atoms with Crippen LogP contribution in [0.2, 0.25) is 0 Å². The monoisotopic (exact) mass is 128 g/mol. The van der Waals surface area contributed by atoms with E-state index < -0.39 is 0 Å². The molecule has 0 radical (unpaired) electrons. The number of hydrogen-bond acceptors (Lipinski definition) is 1. The molecule has 1 aliphatic heterocycles. The Morgan fingerprint density at radius 2 is 1.89 bits per heavy atom. The fraction of sp³-hybridized carbons (Fsp3) is 1.00. The SMILES string of the molecule is CC1OC[C@H](C)C[C@@H]1C. The highest BCUT2D eigenvalue weighted by molar-refractivity contribution is 4.70. The van der Waals surface area contributed by atoms with Crippen LogP contribution in [0, 0.1) is 11.8 Å². The van der Waals surface area contributed by atoms with E-state index in [1.165, 1.54) is 6.42 Å². The van der Waals surface area contributed by atoms with Crippen molar-refractivity contribution < 1.29 is 4.74 Å². The average molecular weight is 128 g/mol. The topological polar surface area (TPSA) is 9.23 Å². The van der Waals surface area contributed by atoms with E-state index in [1.54, 1.807) is 0 Å². The molecule has 0 saturated carbocycles. The second-order valence-corrected chi connectivity index (χ2v) is 3.36. The van der Waals surface area contributed by atoms with Gasteiger partial charge in [0, 0.05) is 6.61 Å². The Morgan fingerprint density at radius 1 is 1.22 bits per heavy atom. The molecule has 1 rings (SSSR count). The lowest BCUT2D eigenvalue weighted by Crippen LogP contribution is -2.29. The first-order chi connectivity index (χ1) is 4.20. The van der Waals surface area contributed by atoms with Crippen LogP contribution >= 0.6 is 0 Å². The van der Waals surface area contributed by atoms with Gasteiger partial charge in [-0.3, -0.25) is 0 Å². The molecule has 1 heterocycles. The first-order valence-electron chi connectivity index (χ1n) is 3.81. The van der Waals surface area contributed by atoms with Gasteiger partial charge < -0.3 is 4.74 Å². The van der Waals surface area contributed by atoms with Gasteiger partial charge in [0.25, 0.3) is 0 Å². The lowest BCUT2D eigenvalue weighted by atomic mass is 9.91. The molecule has 9 heavy (non-hydrogen) atoms. The van der Waals surface area contributed by atoms with E-state index in [1.807, 2.05) is 0 Å². The van der Waals surface area contributed by atoms with Gasteiger partial charge in [0.1, 0.15) is 0 Å². The van der Waals surface area contributed by atoms with E-state index in [0.717, 1.165) is 18.4 Å². The van der Waals surface area contributed by atoms with Crippen molar-refractivity contribution in [2.24, 2.45) is 11.8 Å². The van der Waals surface area contributed by atoms with E-state index >= 15 is 0 Å². The van der Waals surface area contributed by atoms with Crippen LogP contribution in [0.4, 0.5) is 0 Å². The molecule has 3 atom stereocenters. The summed E-state index contributed by atoms with van der Waals surface area (Å²) in [5.41, 5.74) is 0. The largest absolute Gasteiger partial charge is 0.378 e. The summed E-state index contributed by atoms with van der Waals surface area (Å²) in [7, 11) is 0. The molecule has 0 bridgehead atoms. The van der Waals surface area contributed by atoms with E-state index in [-0.39, 0.29) is 0 Å². The predicted molar refractivity (Wildman–Crippen MR) is 38.4 cm³/mol. The van der Waals surface area contributed by atoms with Crippen LogP contribution in [0.3, 0.4) is 0 Å². The molecule has 0 aromatic rings. The van der Waals surface area contributed by atoms with Crippen molar-refractivity contribution in [3.8, 4) is 0 Å². The second-order valence-electron chi connectivity index (χ2n) is 3.36. The zero-order chi connectivity index (χ0) is 6.85. The molecule has 0 aromatic carbocycles. The molecule has 54 valence electrons. The average Bonchev–Trinajstić information content (AvgIpc) is 1.80. The highest BCUT2D eigenvalue weighted by Gasteiger charge is 2.21. The Morgan fingerprint density at radius 3 is 2.33 bits per heavy atom. The van der Waals surface area contributed by atoms with E-state index in [4.69, 9.17) is 4.74 Å². The first-order valence-corrected chi connectivity index (χ1v) is 3.81. The predicted octanol–water partition coefficient (Wildman–Crippen LogP) is 2.07. The lowest BCUT2D eigenvalue weighted by molar-refractivity contribution is -0.0351. The van der Waals surface area contributed by atoms with Gasteiger partial charge in [0.05, 0.1) is 6.10 Å². The van der Waals surface area contributed by atoms with Gasteiger partial charge in [0.2, 0.25) is 0 Å². The Balaban J connectivity index is 2.35. The van der Waals surface area contributed by atoms with Crippen molar-refractivity contribution in [1.82, 2.24) is 0 Å². The van der Waals surface area contributed by atoms with Crippen molar-refractivity contribution in [2.75, 3.05) is 6.61 Å². The Labute approximate surface area is 57.4 Å². The van der Waals surface area contributed by atoms with Crippen LogP contribution in [-0.2, 0) is 4.74 Å². The van der Waals surface area contributed by atoms with E-state index in [9.17, 15) is 0 Å². The minimum atomic E-state index is 0.487. The highest BCUT2D eigenvalue weighted by atomic mass is 16.5. The first kappa shape index (κ1) is 7.07. The maximum atomic E-state index is 5.50. The molecule has 0 aliphatic carbocycles. The number of rotatable bonds is 0. The summed E-state index contributed by atoms with van der Waals surface area (Å²) in [5.74, 6) is 1.53. The second kappa shape index (κ2) is 2.70. The summed E-state index contributed by atoms with van der Waals surface area (Å²) < 4.78 is 5.50. The van der Waals surface area contributed by atoms with Gasteiger partial charge in [-0.25, -0.2) is 0 Å². The summed E-state index contributed by atoms with van der Waals surface area (Å²) in [6.45, 7) is 7.64. The maximum absolute atomic E-state index is 5.50. The third kappa shape index (κ3) is 1.68. The van der Waals surface area contributed by atoms with Crippen LogP contribution in [0.1, 0.15) is 27.2 Å². The molecule has 1 nitrogen and oxygen atoms in total. The lowest BCUT2D eigenvalue weighted by Gasteiger charge is -2.30. The smallest absolute Gasteiger partial charge is 0.0572 e. The van der Waals surface area contributed by atoms with Gasteiger partial charge in [-0.15, -0.1) is 0 Å². The van der Waals surface area contributed by atoms with Crippen LogP contribution in [0.25, 0.3) is 0 Å². The zero-order valence-corrected chi connectivity index (χ0v) is 6.55. The van der Waals surface area contributed by atoms with Crippen molar-refractivity contribution in [3.63, 3.8) is 0 Å². The Hall–Kier alpha value is -0.0400. The molecule has 0 N–H and O–H groups in total. The molecule has 0 spiro atoms. The molecule has 1 aliphatic rings.